The van der Waals surface area contributed by atoms with E-state index in [2.05, 4.69) is 25.8 Å². The van der Waals surface area contributed by atoms with Crippen molar-refractivity contribution >= 4 is 11.9 Å². The van der Waals surface area contributed by atoms with E-state index >= 15 is 0 Å². The minimum absolute atomic E-state index is 0.0826. The molecule has 2 aliphatic rings. The molecular formula is C23H24FN7O4. The Hall–Kier alpha value is -3.77. The SMILES string of the molecule is Cc1c([C@@H](O)CN2CC[C@@H](NC(=O)c3ccc(-n4cnnn4)cn3)[C@@H](F)C2)ccc2c1COC2=O. The molecule has 0 spiro atoms. The number of hydrogen-bond acceptors (Lipinski definition) is 9. The number of esters is 1. The number of aromatic nitrogens is 5. The highest BCUT2D eigenvalue weighted by molar-refractivity contribution is 5.94. The van der Waals surface area contributed by atoms with Crippen molar-refractivity contribution in [1.82, 2.24) is 35.4 Å². The van der Waals surface area contributed by atoms with Crippen LogP contribution in [0, 0.1) is 6.92 Å². The Balaban J connectivity index is 1.16. The van der Waals surface area contributed by atoms with E-state index in [1.165, 1.54) is 23.3 Å². The Kier molecular flexibility index (Phi) is 6.22. The van der Waals surface area contributed by atoms with E-state index in [4.69, 9.17) is 4.74 Å². The summed E-state index contributed by atoms with van der Waals surface area (Å²) in [4.78, 5) is 30.3. The lowest BCUT2D eigenvalue weighted by atomic mass is 9.94. The standard InChI is InChI=1S/C23H24FN7O4/c1-13-15(3-4-16-17(13)11-35-23(16)34)21(32)10-30-7-6-19(18(24)9-30)27-22(33)20-5-2-14(8-25-20)31-12-26-28-29-31/h2-5,8,12,18-19,21,32H,6-7,9-11H2,1H3,(H,27,33)/t18-,19+,21-/m0/s1. The van der Waals surface area contributed by atoms with Gasteiger partial charge in [0, 0.05) is 25.2 Å². The summed E-state index contributed by atoms with van der Waals surface area (Å²) in [6.45, 7) is 2.89. The smallest absolute Gasteiger partial charge is 0.338 e. The number of pyridine rings is 1. The van der Waals surface area contributed by atoms with Crippen LogP contribution < -0.4 is 5.32 Å². The number of piperidine rings is 1. The Morgan fingerprint density at radius 2 is 2.20 bits per heavy atom. The number of nitrogens with zero attached hydrogens (tertiary/aromatic N) is 6. The predicted molar refractivity (Wildman–Crippen MR) is 119 cm³/mol. The highest BCUT2D eigenvalue weighted by Crippen LogP contribution is 2.30. The summed E-state index contributed by atoms with van der Waals surface area (Å²) in [7, 11) is 0. The lowest BCUT2D eigenvalue weighted by Gasteiger charge is -2.36. The molecule has 0 aliphatic carbocycles. The number of hydrogen-bond donors (Lipinski definition) is 2. The maximum Gasteiger partial charge on any atom is 0.338 e. The van der Waals surface area contributed by atoms with Crippen molar-refractivity contribution in [3.8, 4) is 5.69 Å². The molecule has 4 heterocycles. The number of alkyl halides is 1. The molecule has 5 rings (SSSR count). The fourth-order valence-corrected chi connectivity index (χ4v) is 4.55. The Bertz CT molecular complexity index is 1240. The first-order valence-electron chi connectivity index (χ1n) is 11.2. The van der Waals surface area contributed by atoms with E-state index in [1.807, 2.05) is 11.8 Å². The van der Waals surface area contributed by atoms with Crippen LogP contribution in [-0.2, 0) is 11.3 Å². The number of nitrogens with one attached hydrogen (secondary N) is 1. The number of halogens is 1. The number of rotatable bonds is 6. The molecule has 2 N–H and O–H groups in total. The van der Waals surface area contributed by atoms with Gasteiger partial charge in [-0.1, -0.05) is 6.07 Å². The van der Waals surface area contributed by atoms with Gasteiger partial charge in [0.05, 0.1) is 29.6 Å². The van der Waals surface area contributed by atoms with Gasteiger partial charge in [-0.2, -0.15) is 4.68 Å². The van der Waals surface area contributed by atoms with Crippen LogP contribution >= 0.6 is 0 Å². The lowest BCUT2D eigenvalue weighted by Crippen LogP contribution is -2.53. The van der Waals surface area contributed by atoms with Crippen LogP contribution in [0.4, 0.5) is 4.39 Å². The zero-order valence-corrected chi connectivity index (χ0v) is 19.0. The summed E-state index contributed by atoms with van der Waals surface area (Å²) >= 11 is 0. The van der Waals surface area contributed by atoms with Crippen molar-refractivity contribution in [3.63, 3.8) is 0 Å². The van der Waals surface area contributed by atoms with Gasteiger partial charge in [0.2, 0.25) is 0 Å². The van der Waals surface area contributed by atoms with Crippen LogP contribution in [0.1, 0.15) is 50.1 Å². The molecule has 2 aliphatic heterocycles. The molecule has 2 aromatic heterocycles. The lowest BCUT2D eigenvalue weighted by molar-refractivity contribution is 0.0526. The number of aliphatic hydroxyl groups is 1. The number of cyclic esters (lactones) is 1. The molecule has 1 aromatic carbocycles. The van der Waals surface area contributed by atoms with Gasteiger partial charge in [-0.25, -0.2) is 14.2 Å². The maximum atomic E-state index is 14.9. The number of aliphatic hydroxyl groups excluding tert-OH is 1. The number of amides is 1. The molecule has 3 aromatic rings. The average molecular weight is 481 g/mol. The van der Waals surface area contributed by atoms with Crippen LogP contribution in [0.25, 0.3) is 5.69 Å². The first kappa shape index (κ1) is 23.0. The molecule has 1 fully saturated rings. The summed E-state index contributed by atoms with van der Waals surface area (Å²) in [6.07, 6.45) is 1.14. The van der Waals surface area contributed by atoms with E-state index in [0.717, 1.165) is 11.1 Å². The number of tetrazole rings is 1. The van der Waals surface area contributed by atoms with Crippen LogP contribution in [0.5, 0.6) is 0 Å². The van der Waals surface area contributed by atoms with Gasteiger partial charge in [0.1, 0.15) is 24.8 Å². The molecule has 1 amide bonds. The molecular weight excluding hydrogens is 457 g/mol. The molecule has 0 bridgehead atoms. The second kappa shape index (κ2) is 9.47. The second-order valence-electron chi connectivity index (χ2n) is 8.70. The number of ether oxygens (including phenoxy) is 1. The number of β-amino-alcohol motifs (C(OH)–C–C–N with tert-alkyl or cyclic N) is 1. The fourth-order valence-electron chi connectivity index (χ4n) is 4.55. The molecule has 0 unspecified atom stereocenters. The van der Waals surface area contributed by atoms with Crippen LogP contribution in [0.15, 0.2) is 36.8 Å². The second-order valence-corrected chi connectivity index (χ2v) is 8.70. The Labute approximate surface area is 199 Å². The zero-order chi connectivity index (χ0) is 24.5. The summed E-state index contributed by atoms with van der Waals surface area (Å²) in [6, 6.07) is 5.92. The summed E-state index contributed by atoms with van der Waals surface area (Å²) in [5, 5.41) is 24.4. The van der Waals surface area contributed by atoms with Crippen molar-refractivity contribution in [2.45, 2.75) is 38.3 Å². The van der Waals surface area contributed by atoms with Crippen LogP contribution in [0.2, 0.25) is 0 Å². The molecule has 0 saturated carbocycles. The minimum atomic E-state index is -1.30. The number of fused-ring (bicyclic) bond motifs is 1. The molecule has 11 nitrogen and oxygen atoms in total. The Morgan fingerprint density at radius 1 is 1.34 bits per heavy atom. The van der Waals surface area contributed by atoms with Crippen LogP contribution in [-0.4, -0.2) is 78.9 Å². The molecule has 3 atom stereocenters. The molecule has 35 heavy (non-hydrogen) atoms. The predicted octanol–water partition coefficient (Wildman–Crippen LogP) is 0.912. The van der Waals surface area contributed by atoms with E-state index < -0.39 is 24.2 Å². The van der Waals surface area contributed by atoms with Crippen molar-refractivity contribution in [1.29, 1.82) is 0 Å². The third-order valence-electron chi connectivity index (χ3n) is 6.53. The van der Waals surface area contributed by atoms with Gasteiger partial charge in [-0.15, -0.1) is 5.10 Å². The van der Waals surface area contributed by atoms with Crippen molar-refractivity contribution in [3.05, 3.63) is 64.7 Å². The Morgan fingerprint density at radius 3 is 2.91 bits per heavy atom. The van der Waals surface area contributed by atoms with E-state index in [9.17, 15) is 19.1 Å². The first-order chi connectivity index (χ1) is 16.9. The largest absolute Gasteiger partial charge is 0.457 e. The summed E-state index contributed by atoms with van der Waals surface area (Å²) in [5.74, 6) is -0.813. The van der Waals surface area contributed by atoms with Gasteiger partial charge in [0.15, 0.2) is 0 Å². The molecule has 12 heteroatoms. The zero-order valence-electron chi connectivity index (χ0n) is 19.0. The van der Waals surface area contributed by atoms with Crippen molar-refractivity contribution in [2.24, 2.45) is 0 Å². The van der Waals surface area contributed by atoms with Crippen LogP contribution in [0.3, 0.4) is 0 Å². The molecule has 182 valence electrons. The number of carbonyl (C=O) groups excluding carboxylic acids is 2. The topological polar surface area (TPSA) is 135 Å². The molecule has 0 radical (unpaired) electrons. The maximum absolute atomic E-state index is 14.9. The van der Waals surface area contributed by atoms with Gasteiger partial charge < -0.3 is 15.2 Å². The number of benzene rings is 1. The first-order valence-corrected chi connectivity index (χ1v) is 11.2. The highest BCUT2D eigenvalue weighted by atomic mass is 19.1. The molecule has 1 saturated heterocycles. The average Bonchev–Trinajstić information content (AvgIpc) is 3.52. The summed E-state index contributed by atoms with van der Waals surface area (Å²) in [5.41, 5.74) is 3.60. The van der Waals surface area contributed by atoms with Gasteiger partial charge >= 0.3 is 5.97 Å². The number of likely N-dealkylation sites (tertiary alicyclic amines) is 1. The summed E-state index contributed by atoms with van der Waals surface area (Å²) < 4.78 is 21.4. The normalized spacial score (nSPS) is 20.8. The van der Waals surface area contributed by atoms with Gasteiger partial charge in [0.25, 0.3) is 5.91 Å². The van der Waals surface area contributed by atoms with E-state index in [0.29, 0.717) is 29.8 Å². The fraction of sp³-hybridized carbons (Fsp3) is 0.391. The van der Waals surface area contributed by atoms with Gasteiger partial charge in [-0.05, 0) is 53.1 Å². The monoisotopic (exact) mass is 481 g/mol. The third kappa shape index (κ3) is 4.62. The van der Waals surface area contributed by atoms with Crippen molar-refractivity contribution in [2.75, 3.05) is 19.6 Å². The highest BCUT2D eigenvalue weighted by Gasteiger charge is 2.32. The van der Waals surface area contributed by atoms with E-state index in [1.54, 1.807) is 18.2 Å². The van der Waals surface area contributed by atoms with Crippen molar-refractivity contribution < 1.29 is 23.8 Å². The number of carbonyl (C=O) groups is 2. The third-order valence-corrected chi connectivity index (χ3v) is 6.53. The van der Waals surface area contributed by atoms with Gasteiger partial charge in [-0.3, -0.25) is 9.69 Å². The quantitative estimate of drug-likeness (QED) is 0.493. The minimum Gasteiger partial charge on any atom is -0.457 e. The van der Waals surface area contributed by atoms with E-state index in [-0.39, 0.29) is 31.4 Å².